The quantitative estimate of drug-likeness (QED) is 0.719. The zero-order valence-corrected chi connectivity index (χ0v) is 18.1. The van der Waals surface area contributed by atoms with Crippen LogP contribution in [0.15, 0.2) is 12.7 Å². The molecule has 4 rings (SSSR count). The molecule has 0 saturated carbocycles. The summed E-state index contributed by atoms with van der Waals surface area (Å²) in [6, 6.07) is -0.581. The number of amides is 1. The maximum atomic E-state index is 13.4. The number of carbonyl (C=O) groups is 1. The van der Waals surface area contributed by atoms with Gasteiger partial charge in [0.2, 0.25) is 15.9 Å². The summed E-state index contributed by atoms with van der Waals surface area (Å²) < 4.78 is 26.4. The predicted molar refractivity (Wildman–Crippen MR) is 114 cm³/mol. The van der Waals surface area contributed by atoms with Crippen molar-refractivity contribution in [2.45, 2.75) is 45.1 Å². The van der Waals surface area contributed by atoms with Crippen molar-refractivity contribution in [3.63, 3.8) is 0 Å². The van der Waals surface area contributed by atoms with Gasteiger partial charge < -0.3 is 14.8 Å². The number of anilines is 1. The average molecular weight is 436 g/mol. The smallest absolute Gasteiger partial charge is 0.241 e. The minimum Gasteiger partial charge on any atom is -0.353 e. The number of hydrogen-bond donors (Lipinski definition) is 1. The molecule has 4 heterocycles. The maximum absolute atomic E-state index is 13.4. The summed E-state index contributed by atoms with van der Waals surface area (Å²) in [7, 11) is -3.33. The Morgan fingerprint density at radius 3 is 2.77 bits per heavy atom. The second-order valence-electron chi connectivity index (χ2n) is 7.90. The number of imidazole rings is 1. The fourth-order valence-electron chi connectivity index (χ4n) is 4.35. The van der Waals surface area contributed by atoms with Crippen LogP contribution in [0.4, 0.5) is 5.82 Å². The van der Waals surface area contributed by atoms with Gasteiger partial charge in [0.1, 0.15) is 17.9 Å². The lowest BCUT2D eigenvalue weighted by atomic mass is 10.1. The highest BCUT2D eigenvalue weighted by Gasteiger charge is 2.39. The molecule has 11 heteroatoms. The third-order valence-electron chi connectivity index (χ3n) is 5.91. The number of nitrogens with zero attached hydrogens (tertiary/aromatic N) is 6. The maximum Gasteiger partial charge on any atom is 0.241 e. The summed E-state index contributed by atoms with van der Waals surface area (Å²) in [6.45, 7) is 5.04. The first-order valence-corrected chi connectivity index (χ1v) is 12.3. The lowest BCUT2D eigenvalue weighted by Crippen LogP contribution is -2.50. The molecule has 1 N–H and O–H groups in total. The lowest BCUT2D eigenvalue weighted by Gasteiger charge is -2.31. The summed E-state index contributed by atoms with van der Waals surface area (Å²) in [5.74, 6) is 0.867. The average Bonchev–Trinajstić information content (AvgIpc) is 3.26. The van der Waals surface area contributed by atoms with E-state index < -0.39 is 16.1 Å². The highest BCUT2D eigenvalue weighted by Crippen LogP contribution is 2.24. The van der Waals surface area contributed by atoms with E-state index in [1.165, 1.54) is 10.6 Å². The van der Waals surface area contributed by atoms with Gasteiger partial charge >= 0.3 is 0 Å². The van der Waals surface area contributed by atoms with Gasteiger partial charge in [-0.2, -0.15) is 4.31 Å². The predicted octanol–water partition coefficient (Wildman–Crippen LogP) is 0.986. The van der Waals surface area contributed by atoms with E-state index in [9.17, 15) is 13.2 Å². The second-order valence-corrected chi connectivity index (χ2v) is 9.94. The molecule has 164 valence electrons. The molecule has 1 amide bonds. The Kier molecular flexibility index (Phi) is 6.19. The molecule has 2 aliphatic rings. The highest BCUT2D eigenvalue weighted by molar-refractivity contribution is 7.89. The first-order chi connectivity index (χ1) is 14.5. The molecule has 30 heavy (non-hydrogen) atoms. The first kappa shape index (κ1) is 21.0. The molecular weight excluding hydrogens is 406 g/mol. The SMILES string of the molecule is CCCCC(C(=O)N1CCCN(c2ncnc3nc[nH]c23)CC1)N1CCCS1(=O)=O. The third-order valence-corrected chi connectivity index (χ3v) is 7.87. The number of hydrogen-bond acceptors (Lipinski definition) is 7. The molecule has 2 saturated heterocycles. The van der Waals surface area contributed by atoms with E-state index >= 15 is 0 Å². The number of rotatable bonds is 6. The number of nitrogens with one attached hydrogen (secondary N) is 1. The molecule has 0 bridgehead atoms. The van der Waals surface area contributed by atoms with Crippen LogP contribution in [0.5, 0.6) is 0 Å². The molecule has 2 fully saturated rings. The fourth-order valence-corrected chi connectivity index (χ4v) is 6.07. The molecule has 10 nitrogen and oxygen atoms in total. The molecule has 0 radical (unpaired) electrons. The number of aromatic amines is 1. The summed E-state index contributed by atoms with van der Waals surface area (Å²) in [4.78, 5) is 33.3. The number of fused-ring (bicyclic) bond motifs is 1. The van der Waals surface area contributed by atoms with Crippen LogP contribution in [-0.2, 0) is 14.8 Å². The normalized spacial score (nSPS) is 21.1. The summed E-state index contributed by atoms with van der Waals surface area (Å²) in [6.07, 6.45) is 6.84. The largest absolute Gasteiger partial charge is 0.353 e. The van der Waals surface area contributed by atoms with Gasteiger partial charge in [-0.3, -0.25) is 4.79 Å². The first-order valence-electron chi connectivity index (χ1n) is 10.7. The Morgan fingerprint density at radius 2 is 2.00 bits per heavy atom. The second kappa shape index (κ2) is 8.84. The Morgan fingerprint density at radius 1 is 1.13 bits per heavy atom. The van der Waals surface area contributed by atoms with Crippen LogP contribution in [0.1, 0.15) is 39.0 Å². The molecule has 2 aromatic heterocycles. The fraction of sp³-hybridized carbons (Fsp3) is 0.684. The molecular formula is C19H29N7O3S. The van der Waals surface area contributed by atoms with Crippen LogP contribution in [0.2, 0.25) is 0 Å². The van der Waals surface area contributed by atoms with Crippen LogP contribution < -0.4 is 4.90 Å². The lowest BCUT2D eigenvalue weighted by molar-refractivity contribution is -0.135. The Hall–Kier alpha value is -2.27. The Labute approximate surface area is 176 Å². The zero-order valence-electron chi connectivity index (χ0n) is 17.3. The number of sulfonamides is 1. The van der Waals surface area contributed by atoms with Crippen molar-refractivity contribution in [1.82, 2.24) is 29.1 Å². The number of H-pyrrole nitrogens is 1. The van der Waals surface area contributed by atoms with Gasteiger partial charge in [0, 0.05) is 32.7 Å². The van der Waals surface area contributed by atoms with Crippen LogP contribution >= 0.6 is 0 Å². The van der Waals surface area contributed by atoms with E-state index in [4.69, 9.17) is 0 Å². The highest BCUT2D eigenvalue weighted by atomic mass is 32.2. The van der Waals surface area contributed by atoms with Crippen molar-refractivity contribution >= 4 is 32.9 Å². The van der Waals surface area contributed by atoms with Gasteiger partial charge in [-0.05, 0) is 19.3 Å². The molecule has 1 atom stereocenters. The minimum atomic E-state index is -3.33. The molecule has 0 spiro atoms. The van der Waals surface area contributed by atoms with Crippen molar-refractivity contribution in [3.05, 3.63) is 12.7 Å². The van der Waals surface area contributed by atoms with Crippen LogP contribution in [-0.4, -0.2) is 88.0 Å². The van der Waals surface area contributed by atoms with E-state index in [1.807, 2.05) is 4.90 Å². The Balaban J connectivity index is 1.49. The molecule has 2 aromatic rings. The van der Waals surface area contributed by atoms with Gasteiger partial charge in [0.25, 0.3) is 0 Å². The van der Waals surface area contributed by atoms with E-state index in [1.54, 1.807) is 6.33 Å². The number of unbranched alkanes of at least 4 members (excludes halogenated alkanes) is 1. The van der Waals surface area contributed by atoms with E-state index in [0.717, 1.165) is 37.1 Å². The van der Waals surface area contributed by atoms with Crippen LogP contribution in [0, 0.1) is 0 Å². The van der Waals surface area contributed by atoms with Crippen molar-refractivity contribution in [1.29, 1.82) is 0 Å². The number of aromatic nitrogens is 4. The zero-order chi connectivity index (χ0) is 21.1. The summed E-state index contributed by atoms with van der Waals surface area (Å²) >= 11 is 0. The van der Waals surface area contributed by atoms with E-state index in [0.29, 0.717) is 44.7 Å². The molecule has 2 aliphatic heterocycles. The molecule has 0 aromatic carbocycles. The number of carbonyl (C=O) groups excluding carboxylic acids is 1. The van der Waals surface area contributed by atoms with E-state index in [2.05, 4.69) is 31.8 Å². The van der Waals surface area contributed by atoms with Crippen molar-refractivity contribution in [2.75, 3.05) is 43.4 Å². The van der Waals surface area contributed by atoms with Gasteiger partial charge in [-0.1, -0.05) is 19.8 Å². The van der Waals surface area contributed by atoms with Crippen molar-refractivity contribution in [2.24, 2.45) is 0 Å². The molecule has 1 unspecified atom stereocenters. The van der Waals surface area contributed by atoms with E-state index in [-0.39, 0.29) is 11.7 Å². The van der Waals surface area contributed by atoms with Crippen molar-refractivity contribution in [3.8, 4) is 0 Å². The van der Waals surface area contributed by atoms with Crippen molar-refractivity contribution < 1.29 is 13.2 Å². The van der Waals surface area contributed by atoms with Gasteiger partial charge in [0.15, 0.2) is 11.5 Å². The summed E-state index contributed by atoms with van der Waals surface area (Å²) in [5, 5.41) is 0. The third kappa shape index (κ3) is 4.13. The van der Waals surface area contributed by atoms with Crippen LogP contribution in [0.25, 0.3) is 11.2 Å². The summed E-state index contributed by atoms with van der Waals surface area (Å²) in [5.41, 5.74) is 1.41. The topological polar surface area (TPSA) is 115 Å². The van der Waals surface area contributed by atoms with Gasteiger partial charge in [-0.25, -0.2) is 23.4 Å². The van der Waals surface area contributed by atoms with Gasteiger partial charge in [-0.15, -0.1) is 0 Å². The minimum absolute atomic E-state index is 0.0647. The Bertz CT molecular complexity index is 993. The van der Waals surface area contributed by atoms with Gasteiger partial charge in [0.05, 0.1) is 12.1 Å². The van der Waals surface area contributed by atoms with Crippen LogP contribution in [0.3, 0.4) is 0 Å². The monoisotopic (exact) mass is 435 g/mol. The molecule has 0 aliphatic carbocycles. The standard InChI is InChI=1S/C19H29N7O3S/c1-2-3-6-15(26-9-5-12-30(26,28)29)19(27)25-8-4-7-24(10-11-25)18-16-17(21-13-20-16)22-14-23-18/h13-15H,2-12H2,1H3,(H,20,21,22,23).